The van der Waals surface area contributed by atoms with Crippen molar-refractivity contribution in [2.75, 3.05) is 13.7 Å². The zero-order chi connectivity index (χ0) is 10.8. The number of methoxy groups -OCH3 is 1. The van der Waals surface area contributed by atoms with Gasteiger partial charge in [-0.3, -0.25) is 4.57 Å². The van der Waals surface area contributed by atoms with Gasteiger partial charge in [0.1, 0.15) is 0 Å². The summed E-state index contributed by atoms with van der Waals surface area (Å²) in [5.41, 5.74) is 2.89. The highest BCUT2D eigenvalue weighted by Crippen LogP contribution is 2.11. The van der Waals surface area contributed by atoms with Crippen LogP contribution < -0.4 is 5.69 Å². The number of nitrogens with one attached hydrogen (secondary N) is 1. The third kappa shape index (κ3) is 1.80. The number of aromatic nitrogens is 2. The molecule has 0 aliphatic carbocycles. The molecule has 2 aromatic rings. The average molecular weight is 206 g/mol. The number of H-pyrrole nitrogens is 1. The first-order valence-electron chi connectivity index (χ1n) is 4.90. The van der Waals surface area contributed by atoms with Crippen molar-refractivity contribution in [3.05, 3.63) is 34.2 Å². The van der Waals surface area contributed by atoms with E-state index < -0.39 is 0 Å². The maximum atomic E-state index is 11.6. The molecule has 1 aromatic heterocycles. The number of hydrogen-bond donors (Lipinski definition) is 1. The van der Waals surface area contributed by atoms with E-state index in [-0.39, 0.29) is 5.69 Å². The van der Waals surface area contributed by atoms with Gasteiger partial charge in [0.15, 0.2) is 0 Å². The largest absolute Gasteiger partial charge is 0.383 e. The van der Waals surface area contributed by atoms with Crippen molar-refractivity contribution in [2.45, 2.75) is 13.5 Å². The Bertz CT molecular complexity index is 525. The van der Waals surface area contributed by atoms with E-state index in [2.05, 4.69) is 4.98 Å². The minimum atomic E-state index is -0.0762. The summed E-state index contributed by atoms with van der Waals surface area (Å²) in [6.07, 6.45) is 0. The van der Waals surface area contributed by atoms with Crippen molar-refractivity contribution >= 4 is 11.0 Å². The van der Waals surface area contributed by atoms with E-state index in [9.17, 15) is 4.79 Å². The molecule has 4 heteroatoms. The van der Waals surface area contributed by atoms with Crippen molar-refractivity contribution < 1.29 is 4.74 Å². The summed E-state index contributed by atoms with van der Waals surface area (Å²) in [7, 11) is 1.63. The van der Waals surface area contributed by atoms with Crippen LogP contribution in [0.15, 0.2) is 23.0 Å². The fraction of sp³-hybridized carbons (Fsp3) is 0.364. The Morgan fingerprint density at radius 3 is 3.00 bits per heavy atom. The van der Waals surface area contributed by atoms with E-state index in [0.717, 1.165) is 16.6 Å². The van der Waals surface area contributed by atoms with Crippen LogP contribution in [0, 0.1) is 6.92 Å². The lowest BCUT2D eigenvalue weighted by Gasteiger charge is -2.02. The van der Waals surface area contributed by atoms with Crippen molar-refractivity contribution in [2.24, 2.45) is 0 Å². The molecule has 80 valence electrons. The third-order valence-electron chi connectivity index (χ3n) is 2.45. The van der Waals surface area contributed by atoms with Crippen LogP contribution in [0.4, 0.5) is 0 Å². The number of benzene rings is 1. The summed E-state index contributed by atoms with van der Waals surface area (Å²) in [5.74, 6) is 0. The summed E-state index contributed by atoms with van der Waals surface area (Å²) in [6.45, 7) is 3.14. The molecule has 0 amide bonds. The van der Waals surface area contributed by atoms with Crippen LogP contribution in [0.3, 0.4) is 0 Å². The highest BCUT2D eigenvalue weighted by molar-refractivity contribution is 5.75. The summed E-state index contributed by atoms with van der Waals surface area (Å²) in [6, 6.07) is 5.91. The van der Waals surface area contributed by atoms with Crippen LogP contribution in [-0.2, 0) is 11.3 Å². The number of aromatic amines is 1. The maximum absolute atomic E-state index is 11.6. The molecule has 0 bridgehead atoms. The van der Waals surface area contributed by atoms with E-state index in [1.165, 1.54) is 0 Å². The predicted molar refractivity (Wildman–Crippen MR) is 59.2 cm³/mol. The normalized spacial score (nSPS) is 11.1. The molecule has 1 N–H and O–H groups in total. The molecular weight excluding hydrogens is 192 g/mol. The molecule has 15 heavy (non-hydrogen) atoms. The standard InChI is InChI=1S/C11H14N2O2/c1-8-3-4-9-10(7-8)13(5-6-15-2)11(14)12-9/h3-4,7H,5-6H2,1-2H3,(H,12,14). The maximum Gasteiger partial charge on any atom is 0.326 e. The van der Waals surface area contributed by atoms with Crippen LogP contribution in [-0.4, -0.2) is 23.3 Å². The first kappa shape index (κ1) is 9.98. The Hall–Kier alpha value is -1.55. The summed E-state index contributed by atoms with van der Waals surface area (Å²) in [4.78, 5) is 14.4. The smallest absolute Gasteiger partial charge is 0.326 e. The van der Waals surface area contributed by atoms with Crippen LogP contribution in [0.2, 0.25) is 0 Å². The SMILES string of the molecule is COCCn1c(=O)[nH]c2ccc(C)cc21. The zero-order valence-corrected chi connectivity index (χ0v) is 8.91. The summed E-state index contributed by atoms with van der Waals surface area (Å²) in [5, 5.41) is 0. The lowest BCUT2D eigenvalue weighted by Crippen LogP contribution is -2.19. The van der Waals surface area contributed by atoms with Crippen LogP contribution in [0.1, 0.15) is 5.56 Å². The van der Waals surface area contributed by atoms with Crippen molar-refractivity contribution in [3.8, 4) is 0 Å². The lowest BCUT2D eigenvalue weighted by atomic mass is 10.2. The van der Waals surface area contributed by atoms with Crippen LogP contribution >= 0.6 is 0 Å². The molecule has 4 nitrogen and oxygen atoms in total. The van der Waals surface area contributed by atoms with Crippen molar-refractivity contribution in [1.82, 2.24) is 9.55 Å². The Kier molecular flexibility index (Phi) is 2.60. The van der Waals surface area contributed by atoms with E-state index in [4.69, 9.17) is 4.74 Å². The number of aryl methyl sites for hydroxylation is 1. The molecule has 0 saturated heterocycles. The summed E-state index contributed by atoms with van der Waals surface area (Å²) < 4.78 is 6.68. The number of fused-ring (bicyclic) bond motifs is 1. The third-order valence-corrected chi connectivity index (χ3v) is 2.45. The first-order valence-corrected chi connectivity index (χ1v) is 4.90. The molecule has 0 spiro atoms. The van der Waals surface area contributed by atoms with Gasteiger partial charge in [0.05, 0.1) is 24.2 Å². The molecule has 0 aliphatic rings. The second-order valence-electron chi connectivity index (χ2n) is 3.60. The van der Waals surface area contributed by atoms with Gasteiger partial charge in [-0.15, -0.1) is 0 Å². The van der Waals surface area contributed by atoms with Gasteiger partial charge in [-0.05, 0) is 24.6 Å². The molecule has 1 heterocycles. The van der Waals surface area contributed by atoms with E-state index in [1.54, 1.807) is 11.7 Å². The fourth-order valence-electron chi connectivity index (χ4n) is 1.67. The number of hydrogen-bond acceptors (Lipinski definition) is 2. The quantitative estimate of drug-likeness (QED) is 0.822. The lowest BCUT2D eigenvalue weighted by molar-refractivity contribution is 0.187. The minimum absolute atomic E-state index is 0.0762. The van der Waals surface area contributed by atoms with Crippen molar-refractivity contribution in [3.63, 3.8) is 0 Å². The van der Waals surface area contributed by atoms with Crippen LogP contribution in [0.25, 0.3) is 11.0 Å². The van der Waals surface area contributed by atoms with Gasteiger partial charge < -0.3 is 9.72 Å². The van der Waals surface area contributed by atoms with Gasteiger partial charge in [0, 0.05) is 7.11 Å². The van der Waals surface area contributed by atoms with Crippen LogP contribution in [0.5, 0.6) is 0 Å². The molecule has 0 radical (unpaired) electrons. The number of rotatable bonds is 3. The minimum Gasteiger partial charge on any atom is -0.383 e. The number of nitrogens with zero attached hydrogens (tertiary/aromatic N) is 1. The number of imidazole rings is 1. The zero-order valence-electron chi connectivity index (χ0n) is 8.91. The molecule has 2 rings (SSSR count). The van der Waals surface area contributed by atoms with Crippen molar-refractivity contribution in [1.29, 1.82) is 0 Å². The topological polar surface area (TPSA) is 47.0 Å². The fourth-order valence-corrected chi connectivity index (χ4v) is 1.67. The van der Waals surface area contributed by atoms with E-state index >= 15 is 0 Å². The Labute approximate surface area is 87.5 Å². The Morgan fingerprint density at radius 2 is 2.27 bits per heavy atom. The van der Waals surface area contributed by atoms with Gasteiger partial charge in [-0.2, -0.15) is 0 Å². The molecule has 1 aromatic carbocycles. The second-order valence-corrected chi connectivity index (χ2v) is 3.60. The Morgan fingerprint density at radius 1 is 1.47 bits per heavy atom. The monoisotopic (exact) mass is 206 g/mol. The molecule has 0 aliphatic heterocycles. The highest BCUT2D eigenvalue weighted by Gasteiger charge is 2.05. The molecule has 0 fully saturated rings. The molecule has 0 unspecified atom stereocenters. The first-order chi connectivity index (χ1) is 7.22. The van der Waals surface area contributed by atoms with E-state index in [1.807, 2.05) is 25.1 Å². The number of ether oxygens (including phenoxy) is 1. The van der Waals surface area contributed by atoms with Gasteiger partial charge in [0.25, 0.3) is 0 Å². The van der Waals surface area contributed by atoms with Gasteiger partial charge in [-0.1, -0.05) is 6.07 Å². The molecule has 0 atom stereocenters. The van der Waals surface area contributed by atoms with Gasteiger partial charge in [-0.25, -0.2) is 4.79 Å². The average Bonchev–Trinajstić information content (AvgIpc) is 2.51. The van der Waals surface area contributed by atoms with Gasteiger partial charge >= 0.3 is 5.69 Å². The second kappa shape index (κ2) is 3.90. The highest BCUT2D eigenvalue weighted by atomic mass is 16.5. The Balaban J connectivity index is 2.55. The predicted octanol–water partition coefficient (Wildman–Crippen LogP) is 1.28. The van der Waals surface area contributed by atoms with E-state index in [0.29, 0.717) is 13.2 Å². The van der Waals surface area contributed by atoms with Gasteiger partial charge in [0.2, 0.25) is 0 Å². The molecule has 0 saturated carbocycles. The molecular formula is C11H14N2O2. The summed E-state index contributed by atoms with van der Waals surface area (Å²) >= 11 is 0.